The Bertz CT molecular complexity index is 494. The second-order valence-electron chi connectivity index (χ2n) is 5.13. The number of nitrogens with zero attached hydrogens (tertiary/aromatic N) is 3. The summed E-state index contributed by atoms with van der Waals surface area (Å²) in [5.74, 6) is 1.78. The van der Waals surface area contributed by atoms with Gasteiger partial charge in [-0.2, -0.15) is 5.10 Å². The minimum absolute atomic E-state index is 0.0573. The molecular formula is C13H18N4. The second-order valence-corrected chi connectivity index (χ2v) is 5.13. The highest BCUT2D eigenvalue weighted by Crippen LogP contribution is 2.24. The first kappa shape index (κ1) is 11.6. The number of nitrogens with one attached hydrogen (secondary N) is 1. The van der Waals surface area contributed by atoms with Crippen LogP contribution in [0.4, 0.5) is 11.6 Å². The van der Waals surface area contributed by atoms with Crippen molar-refractivity contribution in [1.29, 1.82) is 0 Å². The molecule has 0 aliphatic heterocycles. The number of anilines is 2. The Labute approximate surface area is 102 Å². The summed E-state index contributed by atoms with van der Waals surface area (Å²) in [5, 5.41) is 7.76. The van der Waals surface area contributed by atoms with E-state index in [1.165, 1.54) is 0 Å². The molecule has 90 valence electrons. The Morgan fingerprint density at radius 1 is 1.24 bits per heavy atom. The van der Waals surface area contributed by atoms with Gasteiger partial charge < -0.3 is 5.32 Å². The molecule has 2 rings (SSSR count). The van der Waals surface area contributed by atoms with E-state index >= 15 is 0 Å². The zero-order chi connectivity index (χ0) is 12.5. The summed E-state index contributed by atoms with van der Waals surface area (Å²) >= 11 is 0. The van der Waals surface area contributed by atoms with Crippen molar-refractivity contribution in [2.45, 2.75) is 26.2 Å². The van der Waals surface area contributed by atoms with Gasteiger partial charge in [-0.1, -0.05) is 26.8 Å². The van der Waals surface area contributed by atoms with Gasteiger partial charge in [0.2, 0.25) is 0 Å². The lowest BCUT2D eigenvalue weighted by molar-refractivity contribution is 0.553. The third kappa shape index (κ3) is 2.64. The van der Waals surface area contributed by atoms with Gasteiger partial charge in [0.1, 0.15) is 11.6 Å². The molecule has 0 radical (unpaired) electrons. The number of pyridine rings is 1. The van der Waals surface area contributed by atoms with Crippen LogP contribution < -0.4 is 5.32 Å². The summed E-state index contributed by atoms with van der Waals surface area (Å²) in [5.41, 5.74) is 1.13. The molecule has 0 atom stereocenters. The maximum atomic E-state index is 4.50. The van der Waals surface area contributed by atoms with Gasteiger partial charge in [-0.25, -0.2) is 4.98 Å². The highest BCUT2D eigenvalue weighted by atomic mass is 15.3. The molecule has 17 heavy (non-hydrogen) atoms. The van der Waals surface area contributed by atoms with Crippen LogP contribution in [-0.4, -0.2) is 14.8 Å². The van der Waals surface area contributed by atoms with Crippen LogP contribution in [0.25, 0.3) is 0 Å². The largest absolute Gasteiger partial charge is 0.325 e. The summed E-state index contributed by atoms with van der Waals surface area (Å²) in [6, 6.07) is 7.85. The molecule has 0 unspecified atom stereocenters. The van der Waals surface area contributed by atoms with E-state index < -0.39 is 0 Å². The number of rotatable bonds is 2. The molecule has 4 nitrogen and oxygen atoms in total. The number of aryl methyl sites for hydroxylation is 1. The maximum absolute atomic E-state index is 4.50. The Morgan fingerprint density at radius 2 is 2.00 bits per heavy atom. The van der Waals surface area contributed by atoms with Crippen molar-refractivity contribution in [1.82, 2.24) is 14.8 Å². The normalized spacial score (nSPS) is 11.5. The summed E-state index contributed by atoms with van der Waals surface area (Å²) in [6.07, 6.45) is 1.77. The smallest absolute Gasteiger partial charge is 0.131 e. The predicted octanol–water partition coefficient (Wildman–Crippen LogP) is 2.86. The van der Waals surface area contributed by atoms with Crippen molar-refractivity contribution in [3.63, 3.8) is 0 Å². The average Bonchev–Trinajstić information content (AvgIpc) is 2.62. The van der Waals surface area contributed by atoms with E-state index in [2.05, 4.69) is 42.2 Å². The molecule has 2 heterocycles. The summed E-state index contributed by atoms with van der Waals surface area (Å²) in [4.78, 5) is 4.23. The standard InChI is InChI=1S/C13H18N4/c1-13(2,3)10-9-12(17(4)16-10)15-11-7-5-6-8-14-11/h5-9H,1-4H3,(H,14,15). The Balaban J connectivity index is 2.26. The van der Waals surface area contributed by atoms with Gasteiger partial charge in [0.15, 0.2) is 0 Å². The molecular weight excluding hydrogens is 212 g/mol. The lowest BCUT2D eigenvalue weighted by Crippen LogP contribution is -2.12. The summed E-state index contributed by atoms with van der Waals surface area (Å²) in [7, 11) is 1.93. The quantitative estimate of drug-likeness (QED) is 0.862. The first-order valence-corrected chi connectivity index (χ1v) is 5.69. The number of hydrogen-bond donors (Lipinski definition) is 1. The molecule has 0 amide bonds. The SMILES string of the molecule is Cn1nc(C(C)(C)C)cc1Nc1ccccn1. The zero-order valence-corrected chi connectivity index (χ0v) is 10.7. The third-order valence-electron chi connectivity index (χ3n) is 2.57. The van der Waals surface area contributed by atoms with Crippen molar-refractivity contribution in [3.05, 3.63) is 36.2 Å². The van der Waals surface area contributed by atoms with E-state index in [4.69, 9.17) is 0 Å². The molecule has 0 saturated heterocycles. The maximum Gasteiger partial charge on any atom is 0.131 e. The van der Waals surface area contributed by atoms with Crippen molar-refractivity contribution < 1.29 is 0 Å². The Morgan fingerprint density at radius 3 is 2.53 bits per heavy atom. The molecule has 0 saturated carbocycles. The first-order chi connectivity index (χ1) is 7.97. The fourth-order valence-corrected chi connectivity index (χ4v) is 1.52. The average molecular weight is 230 g/mol. The van der Waals surface area contributed by atoms with Crippen LogP contribution >= 0.6 is 0 Å². The minimum atomic E-state index is 0.0573. The lowest BCUT2D eigenvalue weighted by atomic mass is 9.92. The number of aromatic nitrogens is 3. The molecule has 2 aromatic heterocycles. The molecule has 0 aromatic carbocycles. The van der Waals surface area contributed by atoms with Gasteiger partial charge in [0.05, 0.1) is 5.69 Å². The van der Waals surface area contributed by atoms with Crippen molar-refractivity contribution in [3.8, 4) is 0 Å². The molecule has 0 aliphatic rings. The van der Waals surface area contributed by atoms with Gasteiger partial charge in [-0.3, -0.25) is 4.68 Å². The molecule has 0 bridgehead atoms. The van der Waals surface area contributed by atoms with Crippen LogP contribution in [0, 0.1) is 0 Å². The van der Waals surface area contributed by atoms with E-state index in [1.807, 2.05) is 29.9 Å². The predicted molar refractivity (Wildman–Crippen MR) is 69.4 cm³/mol. The highest BCUT2D eigenvalue weighted by molar-refractivity contribution is 5.52. The van der Waals surface area contributed by atoms with Crippen LogP contribution in [0.5, 0.6) is 0 Å². The molecule has 2 aromatic rings. The number of hydrogen-bond acceptors (Lipinski definition) is 3. The van der Waals surface area contributed by atoms with Crippen LogP contribution in [0.2, 0.25) is 0 Å². The summed E-state index contributed by atoms with van der Waals surface area (Å²) < 4.78 is 1.84. The fraction of sp³-hybridized carbons (Fsp3) is 0.385. The van der Waals surface area contributed by atoms with Crippen LogP contribution in [0.1, 0.15) is 26.5 Å². The highest BCUT2D eigenvalue weighted by Gasteiger charge is 2.18. The van der Waals surface area contributed by atoms with E-state index in [1.54, 1.807) is 6.20 Å². The molecule has 4 heteroatoms. The molecule has 0 aliphatic carbocycles. The van der Waals surface area contributed by atoms with Crippen molar-refractivity contribution >= 4 is 11.6 Å². The van der Waals surface area contributed by atoms with E-state index in [0.717, 1.165) is 17.3 Å². The van der Waals surface area contributed by atoms with E-state index in [0.29, 0.717) is 0 Å². The molecule has 0 spiro atoms. The monoisotopic (exact) mass is 230 g/mol. The first-order valence-electron chi connectivity index (χ1n) is 5.69. The van der Waals surface area contributed by atoms with Crippen molar-refractivity contribution in [2.75, 3.05) is 5.32 Å². The Kier molecular flexibility index (Phi) is 2.88. The topological polar surface area (TPSA) is 42.7 Å². The molecule has 1 N–H and O–H groups in total. The van der Waals surface area contributed by atoms with Gasteiger partial charge >= 0.3 is 0 Å². The Hall–Kier alpha value is -1.84. The minimum Gasteiger partial charge on any atom is -0.325 e. The van der Waals surface area contributed by atoms with Crippen LogP contribution in [-0.2, 0) is 12.5 Å². The molecule has 0 fully saturated rings. The van der Waals surface area contributed by atoms with Gasteiger partial charge in [-0.05, 0) is 12.1 Å². The van der Waals surface area contributed by atoms with Crippen LogP contribution in [0.15, 0.2) is 30.5 Å². The fourth-order valence-electron chi connectivity index (χ4n) is 1.52. The van der Waals surface area contributed by atoms with Crippen molar-refractivity contribution in [2.24, 2.45) is 7.05 Å². The summed E-state index contributed by atoms with van der Waals surface area (Å²) in [6.45, 7) is 6.46. The lowest BCUT2D eigenvalue weighted by Gasteiger charge is -2.13. The van der Waals surface area contributed by atoms with Gasteiger partial charge in [0.25, 0.3) is 0 Å². The zero-order valence-electron chi connectivity index (χ0n) is 10.7. The van der Waals surface area contributed by atoms with Gasteiger partial charge in [-0.15, -0.1) is 0 Å². The van der Waals surface area contributed by atoms with Gasteiger partial charge in [0, 0.05) is 24.7 Å². The van der Waals surface area contributed by atoms with E-state index in [-0.39, 0.29) is 5.41 Å². The third-order valence-corrected chi connectivity index (χ3v) is 2.57. The van der Waals surface area contributed by atoms with E-state index in [9.17, 15) is 0 Å². The second kappa shape index (κ2) is 4.20. The van der Waals surface area contributed by atoms with Crippen LogP contribution in [0.3, 0.4) is 0 Å².